The molecular formula is H6BKN2O2. The van der Waals surface area contributed by atoms with Gasteiger partial charge in [-0.2, -0.15) is 0 Å². The predicted molar refractivity (Wildman–Crippen MR) is 24.7 cm³/mol. The molecule has 32 valence electrons. The summed E-state index contributed by atoms with van der Waals surface area (Å²) in [4.78, 5) is 0. The Balaban J connectivity index is 0. The second-order valence-electron chi connectivity index (χ2n) is 0.540. The topological polar surface area (TPSA) is 78.5 Å². The van der Waals surface area contributed by atoms with Crippen molar-refractivity contribution in [1.29, 1.82) is 0 Å². The van der Waals surface area contributed by atoms with Crippen molar-refractivity contribution in [2.45, 2.75) is 0 Å². The Labute approximate surface area is 78.7 Å². The molecule has 0 atom stereocenters. The van der Waals surface area contributed by atoms with Crippen molar-refractivity contribution in [3.05, 3.63) is 0 Å². The van der Waals surface area contributed by atoms with Gasteiger partial charge in [0, 0.05) is 0 Å². The zero-order chi connectivity index (χ0) is 4.28. The summed E-state index contributed by atoms with van der Waals surface area (Å²) < 4.78 is 0. The number of hydrogen-bond donors (Lipinski definition) is 4. The first kappa shape index (κ1) is 10.5. The van der Waals surface area contributed by atoms with Crippen LogP contribution in [0.4, 0.5) is 0 Å². The Morgan fingerprint density at radius 3 is 1.67 bits per heavy atom. The second-order valence-corrected chi connectivity index (χ2v) is 0.540. The van der Waals surface area contributed by atoms with Crippen LogP contribution < -0.4 is 11.2 Å². The molecule has 0 unspecified atom stereocenters. The molecule has 4 nitrogen and oxygen atoms in total. The molecule has 6 heavy (non-hydrogen) atoms. The maximum atomic E-state index is 7.68. The molecule has 0 fully saturated rings. The molecular weight excluding hydrogens is 110 g/mol. The standard InChI is InChI=1S/BH5N2O2.K.H/c2-3-1(4)5;;/h3-5H,2H2;;. The Hall–Kier alpha value is 1.54. The molecule has 0 aromatic heterocycles. The molecule has 0 heterocycles. The van der Waals surface area contributed by atoms with Crippen molar-refractivity contribution in [3.63, 3.8) is 0 Å². The number of nitrogens with one attached hydrogen (secondary N) is 1. The van der Waals surface area contributed by atoms with Crippen molar-refractivity contribution >= 4 is 58.6 Å². The Morgan fingerprint density at radius 1 is 1.50 bits per heavy atom. The summed E-state index contributed by atoms with van der Waals surface area (Å²) in [5.74, 6) is 4.42. The van der Waals surface area contributed by atoms with Crippen molar-refractivity contribution in [2.24, 2.45) is 5.84 Å². The number of nitrogens with two attached hydrogens (primary N) is 1. The second kappa shape index (κ2) is 6.54. The fourth-order valence-corrected chi connectivity index (χ4v) is 0. The van der Waals surface area contributed by atoms with E-state index in [0.717, 1.165) is 0 Å². The van der Waals surface area contributed by atoms with Gasteiger partial charge in [-0.3, -0.25) is 5.84 Å². The molecule has 0 aliphatic heterocycles. The van der Waals surface area contributed by atoms with Gasteiger partial charge in [-0.25, -0.2) is 5.34 Å². The van der Waals surface area contributed by atoms with E-state index in [2.05, 4.69) is 5.84 Å². The molecule has 0 radical (unpaired) electrons. The summed E-state index contributed by atoms with van der Waals surface area (Å²) in [5, 5.41) is 17.0. The van der Waals surface area contributed by atoms with Gasteiger partial charge in [0.15, 0.2) is 0 Å². The van der Waals surface area contributed by atoms with Gasteiger partial charge in [-0.05, 0) is 0 Å². The molecule has 0 amide bonds. The first-order chi connectivity index (χ1) is 2.27. The number of hydrogen-bond acceptors (Lipinski definition) is 4. The Kier molecular flexibility index (Phi) is 11.5. The van der Waals surface area contributed by atoms with E-state index in [1.807, 2.05) is 0 Å². The van der Waals surface area contributed by atoms with Crippen molar-refractivity contribution in [1.82, 2.24) is 5.34 Å². The van der Waals surface area contributed by atoms with Gasteiger partial charge >= 0.3 is 58.6 Å². The third-order valence-corrected chi connectivity index (χ3v) is 0.149. The molecule has 0 spiro atoms. The van der Waals surface area contributed by atoms with Crippen LogP contribution in [0.5, 0.6) is 0 Å². The van der Waals surface area contributed by atoms with Crippen molar-refractivity contribution in [2.75, 3.05) is 0 Å². The molecule has 0 saturated carbocycles. The summed E-state index contributed by atoms with van der Waals surface area (Å²) in [6.07, 6.45) is 0. The van der Waals surface area contributed by atoms with Gasteiger partial charge < -0.3 is 10.0 Å². The van der Waals surface area contributed by atoms with Gasteiger partial charge in [0.05, 0.1) is 0 Å². The van der Waals surface area contributed by atoms with E-state index in [4.69, 9.17) is 10.0 Å². The SMILES string of the molecule is NNB(O)O.[KH]. The van der Waals surface area contributed by atoms with Crippen LogP contribution in [0.3, 0.4) is 0 Å². The summed E-state index contributed by atoms with van der Waals surface area (Å²) in [5.41, 5.74) is 0. The summed E-state index contributed by atoms with van der Waals surface area (Å²) in [6.45, 7) is 0. The van der Waals surface area contributed by atoms with Crippen LogP contribution in [0.25, 0.3) is 0 Å². The maximum absolute atomic E-state index is 7.68. The summed E-state index contributed by atoms with van der Waals surface area (Å²) in [7, 11) is -1.59. The van der Waals surface area contributed by atoms with Gasteiger partial charge in [0.1, 0.15) is 0 Å². The molecule has 0 rings (SSSR count). The molecule has 5 N–H and O–H groups in total. The minimum absolute atomic E-state index is 0. The third-order valence-electron chi connectivity index (χ3n) is 0.149. The molecule has 0 aliphatic carbocycles. The van der Waals surface area contributed by atoms with Crippen LogP contribution in [0.15, 0.2) is 0 Å². The van der Waals surface area contributed by atoms with E-state index in [9.17, 15) is 0 Å². The molecule has 0 aliphatic rings. The quantitative estimate of drug-likeness (QED) is 0.165. The molecule has 6 heteroatoms. The van der Waals surface area contributed by atoms with E-state index >= 15 is 0 Å². The molecule has 0 saturated heterocycles. The fraction of sp³-hybridized carbons (Fsp3) is 0. The monoisotopic (exact) mass is 116 g/mol. The average Bonchev–Trinajstić information content (AvgIpc) is 1.38. The van der Waals surface area contributed by atoms with Gasteiger partial charge in [-0.1, -0.05) is 0 Å². The van der Waals surface area contributed by atoms with Crippen LogP contribution >= 0.6 is 0 Å². The average molecular weight is 116 g/mol. The number of hydrazine groups is 1. The van der Waals surface area contributed by atoms with Crippen molar-refractivity contribution in [3.8, 4) is 0 Å². The van der Waals surface area contributed by atoms with E-state index in [0.29, 0.717) is 0 Å². The van der Waals surface area contributed by atoms with Crippen LogP contribution in [0, 0.1) is 0 Å². The van der Waals surface area contributed by atoms with Crippen LogP contribution in [0.2, 0.25) is 0 Å². The van der Waals surface area contributed by atoms with Crippen LogP contribution in [-0.2, 0) is 0 Å². The summed E-state index contributed by atoms with van der Waals surface area (Å²) in [6, 6.07) is 0. The Bertz CT molecular complexity index is 25.5. The first-order valence-corrected chi connectivity index (χ1v) is 1.09. The predicted octanol–water partition coefficient (Wildman–Crippen LogP) is -3.23. The van der Waals surface area contributed by atoms with Gasteiger partial charge in [-0.15, -0.1) is 0 Å². The van der Waals surface area contributed by atoms with Gasteiger partial charge in [0.2, 0.25) is 0 Å². The van der Waals surface area contributed by atoms with E-state index < -0.39 is 7.25 Å². The number of rotatable bonds is 1. The molecule has 0 aromatic rings. The van der Waals surface area contributed by atoms with E-state index in [1.165, 1.54) is 0 Å². The van der Waals surface area contributed by atoms with Gasteiger partial charge in [0.25, 0.3) is 0 Å². The minimum atomic E-state index is -1.59. The third kappa shape index (κ3) is 9.11. The molecule has 0 bridgehead atoms. The fourth-order valence-electron chi connectivity index (χ4n) is 0. The molecule has 0 aromatic carbocycles. The Morgan fingerprint density at radius 2 is 1.67 bits per heavy atom. The van der Waals surface area contributed by atoms with E-state index in [1.54, 1.807) is 5.34 Å². The van der Waals surface area contributed by atoms with E-state index in [-0.39, 0.29) is 51.4 Å². The zero-order valence-corrected chi connectivity index (χ0v) is 2.55. The zero-order valence-electron chi connectivity index (χ0n) is 2.55. The summed E-state index contributed by atoms with van der Waals surface area (Å²) >= 11 is 0. The van der Waals surface area contributed by atoms with Crippen LogP contribution in [-0.4, -0.2) is 68.7 Å². The first-order valence-electron chi connectivity index (χ1n) is 1.09. The van der Waals surface area contributed by atoms with Crippen LogP contribution in [0.1, 0.15) is 0 Å². The normalized spacial score (nSPS) is 6.50. The van der Waals surface area contributed by atoms with Crippen molar-refractivity contribution < 1.29 is 10.0 Å².